The van der Waals surface area contributed by atoms with Crippen molar-refractivity contribution in [3.05, 3.63) is 48.9 Å². The summed E-state index contributed by atoms with van der Waals surface area (Å²) in [6, 6.07) is 5.10. The molecular formula is C16H23N4O+. The Morgan fingerprint density at radius 3 is 2.62 bits per heavy atom. The zero-order valence-corrected chi connectivity index (χ0v) is 13.3. The fraction of sp³-hybridized carbons (Fsp3) is 0.438. The Hall–Kier alpha value is -2.17. The first-order chi connectivity index (χ1) is 9.93. The molecule has 0 unspecified atom stereocenters. The molecule has 0 saturated carbocycles. The zero-order valence-electron chi connectivity index (χ0n) is 13.3. The minimum absolute atomic E-state index is 0.103. The van der Waals surface area contributed by atoms with E-state index in [9.17, 15) is 0 Å². The van der Waals surface area contributed by atoms with Gasteiger partial charge in [0.25, 0.3) is 0 Å². The van der Waals surface area contributed by atoms with Crippen LogP contribution in [0.25, 0.3) is 0 Å². The maximum Gasteiger partial charge on any atom is 0.462 e. The Labute approximate surface area is 125 Å². The third-order valence-electron chi connectivity index (χ3n) is 4.39. The molecule has 5 nitrogen and oxygen atoms in total. The number of nitrogens with zero attached hydrogens (tertiary/aromatic N) is 4. The maximum atomic E-state index is 5.60. The van der Waals surface area contributed by atoms with Crippen molar-refractivity contribution in [3.8, 4) is 0 Å². The molecule has 3 heterocycles. The highest BCUT2D eigenvalue weighted by Gasteiger charge is 2.42. The standard InChI is InChI=1S/C16H23N4O/c1-13-19(15-18(5)11-12-21-15)9-10-20(13)16(2,3)14-7-6-8-17(14)4/h6-13H,1-5H3/q+1/t13-/m1/s1. The third-order valence-corrected chi connectivity index (χ3v) is 4.39. The van der Waals surface area contributed by atoms with Gasteiger partial charge < -0.3 is 13.9 Å². The minimum Gasteiger partial charge on any atom is -0.396 e. The van der Waals surface area contributed by atoms with Crippen molar-refractivity contribution in [2.24, 2.45) is 14.1 Å². The molecule has 1 aliphatic rings. The highest BCUT2D eigenvalue weighted by molar-refractivity contribution is 5.34. The van der Waals surface area contributed by atoms with Crippen molar-refractivity contribution in [2.75, 3.05) is 4.90 Å². The van der Waals surface area contributed by atoms with E-state index in [-0.39, 0.29) is 11.7 Å². The highest BCUT2D eigenvalue weighted by Crippen LogP contribution is 2.35. The molecule has 21 heavy (non-hydrogen) atoms. The first-order valence-electron chi connectivity index (χ1n) is 7.23. The van der Waals surface area contributed by atoms with E-state index in [1.54, 1.807) is 6.26 Å². The molecule has 0 aliphatic carbocycles. The van der Waals surface area contributed by atoms with Gasteiger partial charge in [-0.05, 0) is 32.9 Å². The molecular weight excluding hydrogens is 264 g/mol. The van der Waals surface area contributed by atoms with Crippen LogP contribution in [0.5, 0.6) is 0 Å². The summed E-state index contributed by atoms with van der Waals surface area (Å²) in [7, 11) is 4.08. The quantitative estimate of drug-likeness (QED) is 0.811. The van der Waals surface area contributed by atoms with Gasteiger partial charge in [-0.3, -0.25) is 0 Å². The van der Waals surface area contributed by atoms with E-state index in [0.717, 1.165) is 6.01 Å². The number of anilines is 1. The molecule has 1 aliphatic heterocycles. The van der Waals surface area contributed by atoms with E-state index in [2.05, 4.69) is 72.9 Å². The monoisotopic (exact) mass is 287 g/mol. The summed E-state index contributed by atoms with van der Waals surface area (Å²) < 4.78 is 9.76. The summed E-state index contributed by atoms with van der Waals surface area (Å²) in [6.07, 6.45) is 10.1. The van der Waals surface area contributed by atoms with Gasteiger partial charge in [-0.1, -0.05) is 0 Å². The molecule has 0 radical (unpaired) electrons. The van der Waals surface area contributed by atoms with Gasteiger partial charge in [-0.2, -0.15) is 4.90 Å². The summed E-state index contributed by atoms with van der Waals surface area (Å²) >= 11 is 0. The first-order valence-corrected chi connectivity index (χ1v) is 7.23. The lowest BCUT2D eigenvalue weighted by atomic mass is 9.98. The van der Waals surface area contributed by atoms with Crippen LogP contribution in [0, 0.1) is 0 Å². The predicted molar refractivity (Wildman–Crippen MR) is 81.2 cm³/mol. The van der Waals surface area contributed by atoms with Crippen LogP contribution in [0.1, 0.15) is 26.5 Å². The summed E-state index contributed by atoms with van der Waals surface area (Å²) in [6.45, 7) is 6.68. The molecule has 0 N–H and O–H groups in total. The second-order valence-electron chi connectivity index (χ2n) is 6.10. The number of hydrogen-bond acceptors (Lipinski definition) is 3. The lowest BCUT2D eigenvalue weighted by Gasteiger charge is -2.38. The molecule has 0 aromatic carbocycles. The van der Waals surface area contributed by atoms with Crippen LogP contribution in [-0.4, -0.2) is 15.6 Å². The van der Waals surface area contributed by atoms with Gasteiger partial charge in [-0.25, -0.2) is 4.57 Å². The fourth-order valence-electron chi connectivity index (χ4n) is 3.21. The SMILES string of the molecule is C[C@@H]1N(c2occ[n+]2C)C=CN1C(C)(C)c1cccn1C. The number of aromatic nitrogens is 2. The molecule has 0 bridgehead atoms. The van der Waals surface area contributed by atoms with Crippen LogP contribution < -0.4 is 9.47 Å². The molecule has 0 spiro atoms. The Morgan fingerprint density at radius 1 is 1.29 bits per heavy atom. The van der Waals surface area contributed by atoms with Crippen LogP contribution >= 0.6 is 0 Å². The van der Waals surface area contributed by atoms with Crippen molar-refractivity contribution >= 4 is 6.01 Å². The molecule has 2 aromatic rings. The van der Waals surface area contributed by atoms with Gasteiger partial charge in [0.1, 0.15) is 18.7 Å². The van der Waals surface area contributed by atoms with Crippen LogP contribution in [0.4, 0.5) is 6.01 Å². The van der Waals surface area contributed by atoms with Gasteiger partial charge in [0, 0.05) is 25.1 Å². The van der Waals surface area contributed by atoms with Crippen LogP contribution in [0.2, 0.25) is 0 Å². The number of aryl methyl sites for hydroxylation is 2. The minimum atomic E-state index is -0.103. The zero-order chi connectivity index (χ0) is 15.2. The first kappa shape index (κ1) is 13.8. The molecule has 112 valence electrons. The Balaban J connectivity index is 1.91. The normalized spacial score (nSPS) is 18.8. The van der Waals surface area contributed by atoms with Gasteiger partial charge in [0.15, 0.2) is 6.17 Å². The second-order valence-corrected chi connectivity index (χ2v) is 6.10. The maximum absolute atomic E-state index is 5.60. The van der Waals surface area contributed by atoms with E-state index in [4.69, 9.17) is 4.42 Å². The van der Waals surface area contributed by atoms with E-state index in [1.807, 2.05) is 17.8 Å². The molecule has 0 saturated heterocycles. The van der Waals surface area contributed by atoms with Crippen molar-refractivity contribution in [3.63, 3.8) is 0 Å². The van der Waals surface area contributed by atoms with E-state index in [0.29, 0.717) is 0 Å². The molecule has 2 aromatic heterocycles. The second kappa shape index (κ2) is 4.69. The molecule has 5 heteroatoms. The molecule has 1 atom stereocenters. The van der Waals surface area contributed by atoms with Crippen molar-refractivity contribution in [2.45, 2.75) is 32.5 Å². The fourth-order valence-corrected chi connectivity index (χ4v) is 3.21. The van der Waals surface area contributed by atoms with Crippen LogP contribution in [0.3, 0.4) is 0 Å². The lowest BCUT2D eigenvalue weighted by Crippen LogP contribution is -2.48. The summed E-state index contributed by atoms with van der Waals surface area (Å²) in [5.41, 5.74) is 1.18. The van der Waals surface area contributed by atoms with Gasteiger partial charge in [0.05, 0.1) is 12.6 Å². The van der Waals surface area contributed by atoms with Crippen molar-refractivity contribution < 1.29 is 8.98 Å². The van der Waals surface area contributed by atoms with Crippen LogP contribution in [-0.2, 0) is 19.6 Å². The average molecular weight is 287 g/mol. The largest absolute Gasteiger partial charge is 0.462 e. The van der Waals surface area contributed by atoms with Gasteiger partial charge in [0.2, 0.25) is 0 Å². The number of hydrogen-bond donors (Lipinski definition) is 0. The topological polar surface area (TPSA) is 28.4 Å². The molecule has 0 fully saturated rings. The number of oxazole rings is 1. The summed E-state index contributed by atoms with van der Waals surface area (Å²) in [4.78, 5) is 4.50. The molecule has 0 amide bonds. The predicted octanol–water partition coefficient (Wildman–Crippen LogP) is 2.32. The van der Waals surface area contributed by atoms with Crippen LogP contribution in [0.15, 0.2) is 47.6 Å². The Morgan fingerprint density at radius 2 is 2.05 bits per heavy atom. The highest BCUT2D eigenvalue weighted by atomic mass is 16.4. The van der Waals surface area contributed by atoms with Crippen molar-refractivity contribution in [1.82, 2.24) is 9.47 Å². The van der Waals surface area contributed by atoms with Gasteiger partial charge >= 0.3 is 6.01 Å². The Bertz CT molecular complexity index is 667. The van der Waals surface area contributed by atoms with Gasteiger partial charge in [-0.15, -0.1) is 0 Å². The smallest absolute Gasteiger partial charge is 0.396 e. The molecule has 3 rings (SSSR count). The summed E-state index contributed by atoms with van der Waals surface area (Å²) in [5, 5.41) is 0. The lowest BCUT2D eigenvalue weighted by molar-refractivity contribution is -0.660. The Kier molecular flexibility index (Phi) is 3.08. The van der Waals surface area contributed by atoms with Crippen molar-refractivity contribution in [1.29, 1.82) is 0 Å². The van der Waals surface area contributed by atoms with E-state index in [1.165, 1.54) is 5.69 Å². The third kappa shape index (κ3) is 2.04. The van der Waals surface area contributed by atoms with E-state index < -0.39 is 0 Å². The average Bonchev–Trinajstić information content (AvgIpc) is 3.10. The number of rotatable bonds is 3. The van der Waals surface area contributed by atoms with E-state index >= 15 is 0 Å². The summed E-state index contributed by atoms with van der Waals surface area (Å²) in [5.74, 6) is 0.